The Bertz CT molecular complexity index is 1510. The molecule has 2 amide bonds. The van der Waals surface area contributed by atoms with Crippen molar-refractivity contribution in [3.63, 3.8) is 0 Å². The minimum absolute atomic E-state index is 0.114. The lowest BCUT2D eigenvalue weighted by Crippen LogP contribution is -2.32. The van der Waals surface area contributed by atoms with Crippen LogP contribution < -0.4 is 15.5 Å². The summed E-state index contributed by atoms with van der Waals surface area (Å²) in [6.07, 6.45) is 1.26. The molecule has 0 aliphatic rings. The molecule has 0 saturated carbocycles. The van der Waals surface area contributed by atoms with Gasteiger partial charge in [0.1, 0.15) is 11.6 Å². The van der Waals surface area contributed by atoms with Crippen LogP contribution in [0.15, 0.2) is 84.0 Å². The van der Waals surface area contributed by atoms with Gasteiger partial charge in [-0.05, 0) is 59.3 Å². The van der Waals surface area contributed by atoms with E-state index in [2.05, 4.69) is 15.8 Å². The largest absolute Gasteiger partial charge is 0.422 e. The fourth-order valence-electron chi connectivity index (χ4n) is 3.23. The van der Waals surface area contributed by atoms with Crippen molar-refractivity contribution >= 4 is 63.7 Å². The lowest BCUT2D eigenvalue weighted by molar-refractivity contribution is -0.136. The zero-order valence-electron chi connectivity index (χ0n) is 18.3. The van der Waals surface area contributed by atoms with Crippen LogP contribution in [0.1, 0.15) is 15.9 Å². The maximum absolute atomic E-state index is 13.0. The Hall–Kier alpha value is -4.27. The summed E-state index contributed by atoms with van der Waals surface area (Å²) in [6.45, 7) is 0. The summed E-state index contributed by atoms with van der Waals surface area (Å²) in [4.78, 5) is 37.0. The highest BCUT2D eigenvalue weighted by atomic mass is 35.5. The van der Waals surface area contributed by atoms with E-state index in [1.807, 2.05) is 12.1 Å². The van der Waals surface area contributed by atoms with Crippen LogP contribution in [0.5, 0.6) is 5.75 Å². The number of ether oxygens (including phenoxy) is 1. The van der Waals surface area contributed by atoms with E-state index in [1.54, 1.807) is 24.3 Å². The van der Waals surface area contributed by atoms with Crippen LogP contribution in [0.25, 0.3) is 10.8 Å². The molecular formula is C26H16Cl2FN3O4. The summed E-state index contributed by atoms with van der Waals surface area (Å²) in [5, 5.41) is 8.19. The van der Waals surface area contributed by atoms with E-state index >= 15 is 0 Å². The van der Waals surface area contributed by atoms with E-state index in [0.717, 1.165) is 17.5 Å². The maximum Gasteiger partial charge on any atom is 0.345 e. The summed E-state index contributed by atoms with van der Waals surface area (Å²) in [7, 11) is 0. The fourth-order valence-corrected chi connectivity index (χ4v) is 3.72. The third-order valence-corrected chi connectivity index (χ3v) is 5.50. The highest BCUT2D eigenvalue weighted by molar-refractivity contribution is 6.39. The van der Waals surface area contributed by atoms with Crippen molar-refractivity contribution in [2.45, 2.75) is 0 Å². The quantitative estimate of drug-likeness (QED) is 0.117. The molecule has 0 aliphatic carbocycles. The smallest absolute Gasteiger partial charge is 0.345 e. The number of rotatable bonds is 5. The summed E-state index contributed by atoms with van der Waals surface area (Å²) in [6, 6.07) is 19.9. The van der Waals surface area contributed by atoms with Gasteiger partial charge in [-0.3, -0.25) is 9.59 Å². The average Bonchev–Trinajstić information content (AvgIpc) is 2.86. The van der Waals surface area contributed by atoms with Gasteiger partial charge in [-0.15, -0.1) is 0 Å². The molecule has 7 nitrogen and oxygen atoms in total. The van der Waals surface area contributed by atoms with Crippen LogP contribution in [0, 0.1) is 5.82 Å². The van der Waals surface area contributed by atoms with Gasteiger partial charge in [0.2, 0.25) is 0 Å². The first-order valence-electron chi connectivity index (χ1n) is 10.4. The predicted octanol–water partition coefficient (Wildman–Crippen LogP) is 5.59. The fraction of sp³-hybridized carbons (Fsp3) is 0. The lowest BCUT2D eigenvalue weighted by atomic mass is 10.0. The molecule has 0 saturated heterocycles. The summed E-state index contributed by atoms with van der Waals surface area (Å²) in [5.74, 6) is -3.10. The second kappa shape index (κ2) is 11.0. The van der Waals surface area contributed by atoms with E-state index in [1.165, 1.54) is 36.5 Å². The number of hydrogen-bond acceptors (Lipinski definition) is 5. The molecule has 10 heteroatoms. The first-order chi connectivity index (χ1) is 17.3. The van der Waals surface area contributed by atoms with Crippen LogP contribution in [0.4, 0.5) is 10.1 Å². The van der Waals surface area contributed by atoms with Gasteiger partial charge < -0.3 is 10.1 Å². The van der Waals surface area contributed by atoms with Crippen LogP contribution >= 0.6 is 23.2 Å². The molecule has 0 fully saturated rings. The van der Waals surface area contributed by atoms with Gasteiger partial charge in [0.15, 0.2) is 0 Å². The SMILES string of the molecule is O=C(NN=Cc1c(OC(=O)c2ccc(Cl)cc2Cl)ccc2ccccc12)C(=O)Nc1ccc(F)cc1. The Kier molecular flexibility index (Phi) is 7.58. The molecule has 180 valence electrons. The van der Waals surface area contributed by atoms with Gasteiger partial charge in [0.05, 0.1) is 16.8 Å². The van der Waals surface area contributed by atoms with Crippen molar-refractivity contribution in [1.29, 1.82) is 0 Å². The summed E-state index contributed by atoms with van der Waals surface area (Å²) < 4.78 is 18.6. The Balaban J connectivity index is 1.55. The van der Waals surface area contributed by atoms with Gasteiger partial charge >= 0.3 is 17.8 Å². The first kappa shape index (κ1) is 24.8. The van der Waals surface area contributed by atoms with Crippen LogP contribution in [-0.4, -0.2) is 24.0 Å². The van der Waals surface area contributed by atoms with E-state index < -0.39 is 23.6 Å². The number of carbonyl (C=O) groups excluding carboxylic acids is 3. The van der Waals surface area contributed by atoms with Crippen molar-refractivity contribution in [3.8, 4) is 5.75 Å². The van der Waals surface area contributed by atoms with Crippen molar-refractivity contribution in [2.24, 2.45) is 5.10 Å². The zero-order valence-corrected chi connectivity index (χ0v) is 19.8. The Morgan fingerprint density at radius 2 is 1.64 bits per heavy atom. The molecule has 4 aromatic rings. The second-order valence-corrected chi connectivity index (χ2v) is 8.22. The van der Waals surface area contributed by atoms with Crippen LogP contribution in [0.2, 0.25) is 10.0 Å². The zero-order chi connectivity index (χ0) is 25.7. The lowest BCUT2D eigenvalue weighted by Gasteiger charge is -2.11. The number of esters is 1. The van der Waals surface area contributed by atoms with E-state index in [9.17, 15) is 18.8 Å². The molecule has 4 rings (SSSR count). The van der Waals surface area contributed by atoms with E-state index in [-0.39, 0.29) is 22.0 Å². The maximum atomic E-state index is 13.0. The molecule has 2 N–H and O–H groups in total. The third kappa shape index (κ3) is 5.86. The predicted molar refractivity (Wildman–Crippen MR) is 136 cm³/mol. The molecule has 0 aromatic heterocycles. The topological polar surface area (TPSA) is 96.9 Å². The van der Waals surface area contributed by atoms with Gasteiger partial charge in [-0.2, -0.15) is 5.10 Å². The van der Waals surface area contributed by atoms with Crippen LogP contribution in [0.3, 0.4) is 0 Å². The number of halogens is 3. The van der Waals surface area contributed by atoms with Gasteiger partial charge in [-0.25, -0.2) is 14.6 Å². The number of benzene rings is 4. The monoisotopic (exact) mass is 523 g/mol. The Morgan fingerprint density at radius 3 is 2.39 bits per heavy atom. The molecule has 0 aliphatic heterocycles. The molecule has 0 unspecified atom stereocenters. The molecular weight excluding hydrogens is 508 g/mol. The second-order valence-electron chi connectivity index (χ2n) is 7.37. The number of carbonyl (C=O) groups is 3. The first-order valence-corrected chi connectivity index (χ1v) is 11.2. The van der Waals surface area contributed by atoms with Gasteiger partial charge in [0, 0.05) is 16.3 Å². The number of fused-ring (bicyclic) bond motifs is 1. The number of amides is 2. The minimum atomic E-state index is -1.05. The Morgan fingerprint density at radius 1 is 0.889 bits per heavy atom. The number of nitrogens with zero attached hydrogens (tertiary/aromatic N) is 1. The molecule has 0 spiro atoms. The van der Waals surface area contributed by atoms with Crippen LogP contribution in [-0.2, 0) is 9.59 Å². The van der Waals surface area contributed by atoms with Crippen molar-refractivity contribution in [1.82, 2.24) is 5.43 Å². The minimum Gasteiger partial charge on any atom is -0.422 e. The van der Waals surface area contributed by atoms with Crippen molar-refractivity contribution in [3.05, 3.63) is 106 Å². The number of nitrogens with one attached hydrogen (secondary N) is 2. The molecule has 4 aromatic carbocycles. The Labute approximate surface area is 214 Å². The van der Waals surface area contributed by atoms with Crippen molar-refractivity contribution < 1.29 is 23.5 Å². The number of anilines is 1. The number of hydrazone groups is 1. The highest BCUT2D eigenvalue weighted by Crippen LogP contribution is 2.29. The van der Waals surface area contributed by atoms with Crippen molar-refractivity contribution in [2.75, 3.05) is 5.32 Å². The average molecular weight is 524 g/mol. The molecule has 0 radical (unpaired) electrons. The molecule has 0 atom stereocenters. The molecule has 0 bridgehead atoms. The van der Waals surface area contributed by atoms with Gasteiger partial charge in [-0.1, -0.05) is 53.5 Å². The summed E-state index contributed by atoms with van der Waals surface area (Å²) >= 11 is 12.0. The number of hydrogen-bond donors (Lipinski definition) is 2. The van der Waals surface area contributed by atoms with Gasteiger partial charge in [0.25, 0.3) is 0 Å². The summed E-state index contributed by atoms with van der Waals surface area (Å²) in [5.41, 5.74) is 2.86. The normalized spacial score (nSPS) is 10.9. The third-order valence-electron chi connectivity index (χ3n) is 4.95. The molecule has 36 heavy (non-hydrogen) atoms. The standard InChI is InChI=1S/C26H16Cl2FN3O4/c27-16-6-11-20(22(28)13-16)26(35)36-23-12-5-15-3-1-2-4-19(15)21(23)14-30-32-25(34)24(33)31-18-9-7-17(29)8-10-18/h1-14H,(H,31,33)(H,32,34). The van der Waals surface area contributed by atoms with E-state index in [0.29, 0.717) is 16.0 Å². The molecule has 0 heterocycles. The highest BCUT2D eigenvalue weighted by Gasteiger charge is 2.17. The van der Waals surface area contributed by atoms with E-state index in [4.69, 9.17) is 27.9 Å².